The van der Waals surface area contributed by atoms with E-state index in [0.717, 1.165) is 17.7 Å². The van der Waals surface area contributed by atoms with Gasteiger partial charge in [0.25, 0.3) is 0 Å². The molecule has 0 spiro atoms. The largest absolute Gasteiger partial charge is 0.378 e. The lowest BCUT2D eigenvalue weighted by molar-refractivity contribution is 0.0755. The van der Waals surface area contributed by atoms with Crippen LogP contribution >= 0.6 is 0 Å². The highest BCUT2D eigenvalue weighted by Crippen LogP contribution is 2.22. The summed E-state index contributed by atoms with van der Waals surface area (Å²) in [5.41, 5.74) is 1.72. The molecule has 0 radical (unpaired) electrons. The van der Waals surface area contributed by atoms with E-state index in [1.54, 1.807) is 6.07 Å². The normalized spacial score (nSPS) is 22.3. The maximum atomic E-state index is 13.5. The molecule has 0 unspecified atom stereocenters. The lowest BCUT2D eigenvalue weighted by Crippen LogP contribution is -2.35. The molecule has 1 saturated heterocycles. The van der Waals surface area contributed by atoms with E-state index in [0.29, 0.717) is 13.2 Å². The molecule has 2 rings (SSSR count). The summed E-state index contributed by atoms with van der Waals surface area (Å²) in [7, 11) is 0. The first-order chi connectivity index (χ1) is 6.79. The Morgan fingerprint density at radius 1 is 1.50 bits per heavy atom. The van der Waals surface area contributed by atoms with Crippen molar-refractivity contribution >= 4 is 0 Å². The first-order valence-corrected chi connectivity index (χ1v) is 4.85. The molecule has 3 heteroatoms. The Bertz CT molecular complexity index is 301. The van der Waals surface area contributed by atoms with Crippen molar-refractivity contribution in [2.24, 2.45) is 0 Å². The first kappa shape index (κ1) is 9.62. The van der Waals surface area contributed by atoms with Gasteiger partial charge >= 0.3 is 0 Å². The Morgan fingerprint density at radius 2 is 2.36 bits per heavy atom. The van der Waals surface area contributed by atoms with Gasteiger partial charge in [0.2, 0.25) is 0 Å². The fraction of sp³-hybridized carbons (Fsp3) is 0.455. The van der Waals surface area contributed by atoms with Crippen LogP contribution < -0.4 is 5.32 Å². The van der Waals surface area contributed by atoms with Crippen molar-refractivity contribution in [3.05, 3.63) is 35.1 Å². The monoisotopic (exact) mass is 195 g/mol. The minimum absolute atomic E-state index is 0.00458. The van der Waals surface area contributed by atoms with Crippen molar-refractivity contribution in [3.8, 4) is 0 Å². The van der Waals surface area contributed by atoms with Gasteiger partial charge in [-0.1, -0.05) is 12.1 Å². The predicted molar refractivity (Wildman–Crippen MR) is 52.7 cm³/mol. The van der Waals surface area contributed by atoms with Crippen molar-refractivity contribution in [3.63, 3.8) is 0 Å². The molecule has 0 bridgehead atoms. The summed E-state index contributed by atoms with van der Waals surface area (Å²) in [6.07, 6.45) is 0. The third-order valence-electron chi connectivity index (χ3n) is 2.54. The molecule has 0 aromatic heterocycles. The maximum Gasteiger partial charge on any atom is 0.128 e. The predicted octanol–water partition coefficient (Wildman–Crippen LogP) is 1.80. The Balaban J connectivity index is 2.29. The van der Waals surface area contributed by atoms with Crippen molar-refractivity contribution in [2.75, 3.05) is 19.8 Å². The second-order valence-corrected chi connectivity index (χ2v) is 3.55. The number of ether oxygens (including phenoxy) is 1. The Labute approximate surface area is 83.1 Å². The van der Waals surface area contributed by atoms with Crippen LogP contribution in [0.25, 0.3) is 0 Å². The van der Waals surface area contributed by atoms with Gasteiger partial charge < -0.3 is 10.1 Å². The van der Waals surface area contributed by atoms with E-state index in [-0.39, 0.29) is 11.9 Å². The minimum Gasteiger partial charge on any atom is -0.378 e. The van der Waals surface area contributed by atoms with Crippen LogP contribution in [-0.4, -0.2) is 19.8 Å². The summed E-state index contributed by atoms with van der Waals surface area (Å²) < 4.78 is 18.9. The van der Waals surface area contributed by atoms with Crippen LogP contribution in [-0.2, 0) is 4.74 Å². The zero-order chi connectivity index (χ0) is 9.97. The molecule has 2 nitrogen and oxygen atoms in total. The molecule has 1 aliphatic heterocycles. The molecule has 0 aliphatic carbocycles. The van der Waals surface area contributed by atoms with E-state index in [1.165, 1.54) is 6.07 Å². The third kappa shape index (κ3) is 1.79. The molecular formula is C11H14FNO. The lowest BCUT2D eigenvalue weighted by Gasteiger charge is -2.25. The van der Waals surface area contributed by atoms with Crippen molar-refractivity contribution in [1.29, 1.82) is 0 Å². The molecule has 1 atom stereocenters. The summed E-state index contributed by atoms with van der Waals surface area (Å²) in [6.45, 7) is 3.99. The fourth-order valence-electron chi connectivity index (χ4n) is 1.84. The third-order valence-corrected chi connectivity index (χ3v) is 2.54. The van der Waals surface area contributed by atoms with E-state index in [1.807, 2.05) is 13.0 Å². The van der Waals surface area contributed by atoms with Crippen LogP contribution in [0, 0.1) is 12.7 Å². The second-order valence-electron chi connectivity index (χ2n) is 3.55. The van der Waals surface area contributed by atoms with Crippen LogP contribution in [0.3, 0.4) is 0 Å². The van der Waals surface area contributed by atoms with E-state index < -0.39 is 0 Å². The molecule has 1 aliphatic rings. The molecule has 0 saturated carbocycles. The highest BCUT2D eigenvalue weighted by atomic mass is 19.1. The van der Waals surface area contributed by atoms with Crippen molar-refractivity contribution < 1.29 is 9.13 Å². The quantitative estimate of drug-likeness (QED) is 0.737. The molecule has 14 heavy (non-hydrogen) atoms. The van der Waals surface area contributed by atoms with Gasteiger partial charge in [0, 0.05) is 12.1 Å². The van der Waals surface area contributed by atoms with Crippen molar-refractivity contribution in [2.45, 2.75) is 13.0 Å². The first-order valence-electron chi connectivity index (χ1n) is 4.85. The van der Waals surface area contributed by atoms with Crippen LogP contribution in [0.2, 0.25) is 0 Å². The molecule has 1 N–H and O–H groups in total. The van der Waals surface area contributed by atoms with Crippen LogP contribution in [0.1, 0.15) is 17.2 Å². The molecule has 1 aromatic rings. The number of hydrogen-bond donors (Lipinski definition) is 1. The number of benzene rings is 1. The van der Waals surface area contributed by atoms with Gasteiger partial charge in [-0.05, 0) is 18.6 Å². The number of halogens is 1. The topological polar surface area (TPSA) is 21.3 Å². The van der Waals surface area contributed by atoms with Gasteiger partial charge in [-0.2, -0.15) is 0 Å². The average molecular weight is 195 g/mol. The van der Waals surface area contributed by atoms with Crippen LogP contribution in [0.4, 0.5) is 4.39 Å². The summed E-state index contributed by atoms with van der Waals surface area (Å²) in [5, 5.41) is 3.25. The second kappa shape index (κ2) is 4.07. The van der Waals surface area contributed by atoms with Gasteiger partial charge in [-0.3, -0.25) is 0 Å². The Morgan fingerprint density at radius 3 is 3.00 bits per heavy atom. The van der Waals surface area contributed by atoms with Gasteiger partial charge in [-0.15, -0.1) is 0 Å². The Kier molecular flexibility index (Phi) is 2.79. The van der Waals surface area contributed by atoms with Gasteiger partial charge in [0.1, 0.15) is 5.82 Å². The zero-order valence-corrected chi connectivity index (χ0v) is 8.22. The molecule has 76 valence electrons. The van der Waals surface area contributed by atoms with Crippen LogP contribution in [0.15, 0.2) is 18.2 Å². The van der Waals surface area contributed by atoms with E-state index >= 15 is 0 Å². The number of hydrogen-bond acceptors (Lipinski definition) is 2. The summed E-state index contributed by atoms with van der Waals surface area (Å²) in [5.74, 6) is -0.145. The summed E-state index contributed by atoms with van der Waals surface area (Å²) in [4.78, 5) is 0. The number of rotatable bonds is 1. The average Bonchev–Trinajstić information content (AvgIpc) is 2.19. The van der Waals surface area contributed by atoms with Crippen molar-refractivity contribution in [1.82, 2.24) is 5.32 Å². The smallest absolute Gasteiger partial charge is 0.128 e. The summed E-state index contributed by atoms with van der Waals surface area (Å²) in [6, 6.07) is 5.16. The van der Waals surface area contributed by atoms with E-state index in [2.05, 4.69) is 5.32 Å². The molecule has 1 fully saturated rings. The SMILES string of the molecule is Cc1cccc(F)c1[C@H]1COCCN1. The summed E-state index contributed by atoms with van der Waals surface area (Å²) >= 11 is 0. The van der Waals surface area contributed by atoms with E-state index in [4.69, 9.17) is 4.74 Å². The molecular weight excluding hydrogens is 181 g/mol. The minimum atomic E-state index is -0.145. The number of morpholine rings is 1. The van der Waals surface area contributed by atoms with Crippen LogP contribution in [0.5, 0.6) is 0 Å². The Hall–Kier alpha value is -0.930. The molecule has 1 aromatic carbocycles. The van der Waals surface area contributed by atoms with Gasteiger partial charge in [0.15, 0.2) is 0 Å². The van der Waals surface area contributed by atoms with E-state index in [9.17, 15) is 4.39 Å². The molecule has 1 heterocycles. The standard InChI is InChI=1S/C11H14FNO/c1-8-3-2-4-9(12)11(8)10-7-14-6-5-13-10/h2-4,10,13H,5-7H2,1H3/t10-/m1/s1. The van der Waals surface area contributed by atoms with Gasteiger partial charge in [-0.25, -0.2) is 4.39 Å². The zero-order valence-electron chi connectivity index (χ0n) is 8.22. The number of nitrogens with one attached hydrogen (secondary N) is 1. The van der Waals surface area contributed by atoms with Gasteiger partial charge in [0.05, 0.1) is 19.3 Å². The lowest BCUT2D eigenvalue weighted by atomic mass is 10.0. The molecule has 0 amide bonds. The fourth-order valence-corrected chi connectivity index (χ4v) is 1.84. The maximum absolute atomic E-state index is 13.5. The highest BCUT2D eigenvalue weighted by molar-refractivity contribution is 5.30. The highest BCUT2D eigenvalue weighted by Gasteiger charge is 2.19. The number of aryl methyl sites for hydroxylation is 1.